The summed E-state index contributed by atoms with van der Waals surface area (Å²) < 4.78 is 5.75. The predicted octanol–water partition coefficient (Wildman–Crippen LogP) is 6.26. The molecule has 11 nitrogen and oxygen atoms in total. The van der Waals surface area contributed by atoms with E-state index in [1.54, 1.807) is 6.07 Å². The number of para-hydroxylation sites is 1. The number of phenols is 1. The number of anilines is 3. The highest BCUT2D eigenvalue weighted by Gasteiger charge is 2.23. The third-order valence-corrected chi connectivity index (χ3v) is 8.94. The molecular formula is C39H46FN5O6. The normalized spacial score (nSPS) is 13.8. The number of aliphatic hydroxyl groups is 1. The highest BCUT2D eigenvalue weighted by Crippen LogP contribution is 2.29. The van der Waals surface area contributed by atoms with Crippen molar-refractivity contribution in [3.63, 3.8) is 0 Å². The molecule has 0 bridgehead atoms. The Balaban J connectivity index is 0.00000583. The van der Waals surface area contributed by atoms with Gasteiger partial charge in [-0.05, 0) is 78.8 Å². The average molecular weight is 700 g/mol. The maximum atomic E-state index is 12.9. The number of aryl methyl sites for hydroxylation is 2. The van der Waals surface area contributed by atoms with Crippen LogP contribution >= 0.6 is 0 Å². The minimum Gasteiger partial charge on any atom is -0.506 e. The number of hydrogen-bond donors (Lipinski definition) is 6. The molecule has 6 N–H and O–H groups in total. The maximum absolute atomic E-state index is 12.9. The molecule has 0 saturated carbocycles. The molecule has 4 aromatic rings. The molecule has 1 atom stereocenters. The zero-order valence-corrected chi connectivity index (χ0v) is 28.9. The summed E-state index contributed by atoms with van der Waals surface area (Å²) in [6, 6.07) is 26.1. The lowest BCUT2D eigenvalue weighted by Crippen LogP contribution is -2.39. The van der Waals surface area contributed by atoms with Gasteiger partial charge in [0.1, 0.15) is 11.9 Å². The van der Waals surface area contributed by atoms with E-state index in [9.17, 15) is 24.6 Å². The molecule has 51 heavy (non-hydrogen) atoms. The van der Waals surface area contributed by atoms with Gasteiger partial charge in [-0.2, -0.15) is 0 Å². The molecule has 5 rings (SSSR count). The number of ether oxygens (including phenoxy) is 1. The number of nitrogens with one attached hydrogen (secondary N) is 4. The number of piperidine rings is 1. The Labute approximate surface area is 297 Å². The molecule has 3 amide bonds. The number of aromatic hydroxyl groups is 1. The van der Waals surface area contributed by atoms with Crippen molar-refractivity contribution in [1.29, 1.82) is 0 Å². The molecule has 0 aromatic heterocycles. The van der Waals surface area contributed by atoms with Gasteiger partial charge in [-0.15, -0.1) is 0 Å². The first kappa shape index (κ1) is 38.5. The summed E-state index contributed by atoms with van der Waals surface area (Å²) in [5.41, 5.74) is 7.20. The van der Waals surface area contributed by atoms with E-state index in [1.165, 1.54) is 12.1 Å². The lowest BCUT2D eigenvalue weighted by Gasteiger charge is -2.31. The molecule has 1 heterocycles. The number of aliphatic hydroxyl groups excluding tert-OH is 1. The van der Waals surface area contributed by atoms with Crippen molar-refractivity contribution in [2.24, 2.45) is 0 Å². The first-order chi connectivity index (χ1) is 24.2. The van der Waals surface area contributed by atoms with E-state index in [0.29, 0.717) is 50.0 Å². The maximum Gasteiger partial charge on any atom is 0.411 e. The molecule has 1 saturated heterocycles. The standard InChI is InChI=1S/C39H45N5O6.FH/c1-26-21-34(27(2)20-30(26)23-40-24-37(47)29-12-13-36(46)35(22-29)41-25-45)42-38(48)16-19-44-17-14-31(15-18-44)50-39(49)43-33-11-7-6-10-32(33)28-8-4-3-5-9-28;/h3-13,20-22,25,31,37,40,46-47H,14-19,23-24H2,1-2H3,(H,41,45)(H,42,48)(H,43,49);1H. The Morgan fingerprint density at radius 1 is 0.902 bits per heavy atom. The Morgan fingerprint density at radius 3 is 2.37 bits per heavy atom. The van der Waals surface area contributed by atoms with Gasteiger partial charge in [0.2, 0.25) is 12.3 Å². The molecule has 0 radical (unpaired) electrons. The van der Waals surface area contributed by atoms with Crippen LogP contribution < -0.4 is 21.3 Å². The van der Waals surface area contributed by atoms with Gasteiger partial charge in [0, 0.05) is 50.4 Å². The summed E-state index contributed by atoms with van der Waals surface area (Å²) >= 11 is 0. The van der Waals surface area contributed by atoms with Crippen molar-refractivity contribution in [2.75, 3.05) is 42.1 Å². The van der Waals surface area contributed by atoms with Crippen molar-refractivity contribution in [3.05, 3.63) is 107 Å². The Bertz CT molecular complexity index is 1780. The SMILES string of the molecule is Cc1cc(NC(=O)CCN2CCC(OC(=O)Nc3ccccc3-c3ccccc3)CC2)c(C)cc1CNCC(O)c1ccc(O)c(NC=O)c1.F. The second-order valence-corrected chi connectivity index (χ2v) is 12.6. The fraction of sp³-hybridized carbons (Fsp3) is 0.308. The van der Waals surface area contributed by atoms with Crippen molar-refractivity contribution in [3.8, 4) is 16.9 Å². The Hall–Kier alpha value is -5.30. The third-order valence-electron chi connectivity index (χ3n) is 8.94. The van der Waals surface area contributed by atoms with Gasteiger partial charge in [0.25, 0.3) is 0 Å². The molecule has 0 spiro atoms. The molecule has 1 aliphatic rings. The molecule has 270 valence electrons. The van der Waals surface area contributed by atoms with Gasteiger partial charge in [-0.3, -0.25) is 19.6 Å². The number of amides is 3. The number of benzene rings is 4. The second-order valence-electron chi connectivity index (χ2n) is 12.6. The van der Waals surface area contributed by atoms with Crippen LogP contribution in [0.2, 0.25) is 0 Å². The lowest BCUT2D eigenvalue weighted by molar-refractivity contribution is -0.116. The summed E-state index contributed by atoms with van der Waals surface area (Å²) in [5, 5.41) is 32.1. The van der Waals surface area contributed by atoms with Crippen LogP contribution in [0.5, 0.6) is 5.75 Å². The van der Waals surface area contributed by atoms with Gasteiger partial charge in [0.05, 0.1) is 17.5 Å². The number of hydrogen-bond acceptors (Lipinski definition) is 8. The van der Waals surface area contributed by atoms with Crippen LogP contribution in [0.3, 0.4) is 0 Å². The average Bonchev–Trinajstić information content (AvgIpc) is 3.11. The molecule has 1 fully saturated rings. The third kappa shape index (κ3) is 10.8. The van der Waals surface area contributed by atoms with Gasteiger partial charge < -0.3 is 35.8 Å². The van der Waals surface area contributed by atoms with Crippen LogP contribution in [0.4, 0.5) is 26.6 Å². The Morgan fingerprint density at radius 2 is 1.63 bits per heavy atom. The zero-order valence-electron chi connectivity index (χ0n) is 28.9. The van der Waals surface area contributed by atoms with E-state index in [2.05, 4.69) is 26.2 Å². The van der Waals surface area contributed by atoms with E-state index >= 15 is 0 Å². The Kier molecular flexibility index (Phi) is 14.1. The number of nitrogens with zero attached hydrogens (tertiary/aromatic N) is 1. The minimum absolute atomic E-state index is 0. The lowest BCUT2D eigenvalue weighted by atomic mass is 10.0. The van der Waals surface area contributed by atoms with E-state index in [1.807, 2.05) is 80.6 Å². The fourth-order valence-electron chi connectivity index (χ4n) is 6.08. The molecule has 12 heteroatoms. The molecule has 0 aliphatic carbocycles. The molecule has 1 unspecified atom stereocenters. The van der Waals surface area contributed by atoms with Crippen LogP contribution in [0.1, 0.15) is 47.6 Å². The number of rotatable bonds is 14. The first-order valence-electron chi connectivity index (χ1n) is 16.9. The summed E-state index contributed by atoms with van der Waals surface area (Å²) in [5.74, 6) is -0.136. The van der Waals surface area contributed by atoms with Crippen molar-refractivity contribution in [1.82, 2.24) is 10.2 Å². The van der Waals surface area contributed by atoms with Gasteiger partial charge >= 0.3 is 6.09 Å². The van der Waals surface area contributed by atoms with Crippen LogP contribution in [0, 0.1) is 13.8 Å². The van der Waals surface area contributed by atoms with Crippen molar-refractivity contribution >= 4 is 35.5 Å². The summed E-state index contributed by atoms with van der Waals surface area (Å²) in [6.45, 7) is 6.81. The number of carbonyl (C=O) groups is 3. The van der Waals surface area contributed by atoms with E-state index in [0.717, 1.165) is 46.6 Å². The molecule has 4 aromatic carbocycles. The number of likely N-dealkylation sites (tertiary alicyclic amines) is 1. The van der Waals surface area contributed by atoms with Crippen LogP contribution in [0.15, 0.2) is 84.9 Å². The number of carbonyl (C=O) groups excluding carboxylic acids is 3. The van der Waals surface area contributed by atoms with Crippen molar-refractivity contribution in [2.45, 2.75) is 51.9 Å². The second kappa shape index (κ2) is 18.6. The smallest absolute Gasteiger partial charge is 0.411 e. The zero-order chi connectivity index (χ0) is 35.5. The highest BCUT2D eigenvalue weighted by atomic mass is 19.0. The number of phenolic OH excluding ortho intramolecular Hbond substituents is 1. The highest BCUT2D eigenvalue weighted by molar-refractivity contribution is 5.92. The minimum atomic E-state index is -0.839. The van der Waals surface area contributed by atoms with Crippen molar-refractivity contribution < 1.29 is 34.0 Å². The van der Waals surface area contributed by atoms with Crippen LogP contribution in [-0.2, 0) is 20.9 Å². The quantitative estimate of drug-likeness (QED) is 0.0667. The summed E-state index contributed by atoms with van der Waals surface area (Å²) in [6.07, 6.45) is 0.739. The van der Waals surface area contributed by atoms with Gasteiger partial charge in [-0.1, -0.05) is 60.7 Å². The van der Waals surface area contributed by atoms with E-state index in [-0.39, 0.29) is 34.7 Å². The monoisotopic (exact) mass is 699 g/mol. The van der Waals surface area contributed by atoms with Gasteiger partial charge in [0.15, 0.2) is 0 Å². The molecule has 1 aliphatic heterocycles. The van der Waals surface area contributed by atoms with E-state index in [4.69, 9.17) is 4.74 Å². The summed E-state index contributed by atoms with van der Waals surface area (Å²) in [4.78, 5) is 38.6. The first-order valence-corrected chi connectivity index (χ1v) is 16.9. The van der Waals surface area contributed by atoms with Crippen LogP contribution in [-0.4, -0.2) is 65.8 Å². The van der Waals surface area contributed by atoms with E-state index < -0.39 is 12.2 Å². The molecular weight excluding hydrogens is 653 g/mol. The number of halogens is 1. The summed E-state index contributed by atoms with van der Waals surface area (Å²) in [7, 11) is 0. The van der Waals surface area contributed by atoms with Gasteiger partial charge in [-0.25, -0.2) is 4.79 Å². The largest absolute Gasteiger partial charge is 0.506 e. The van der Waals surface area contributed by atoms with Crippen LogP contribution in [0.25, 0.3) is 11.1 Å². The predicted molar refractivity (Wildman–Crippen MR) is 198 cm³/mol. The topological polar surface area (TPSA) is 152 Å². The fourth-order valence-corrected chi connectivity index (χ4v) is 6.08.